The normalized spacial score (nSPS) is 19.6. The first-order chi connectivity index (χ1) is 13.8. The number of fused-ring (bicyclic) bond motifs is 4. The number of nitrogens with one attached hydrogen (secondary N) is 2. The highest BCUT2D eigenvalue weighted by Crippen LogP contribution is 2.46. The van der Waals surface area contributed by atoms with Crippen LogP contribution in [0.3, 0.4) is 0 Å². The Kier molecular flexibility index (Phi) is 4.61. The zero-order valence-electron chi connectivity index (χ0n) is 17.5. The van der Waals surface area contributed by atoms with Crippen molar-refractivity contribution in [2.45, 2.75) is 32.7 Å². The molecule has 1 atom stereocenters. The minimum Gasteiger partial charge on any atom is -0.366 e. The number of pyridine rings is 1. The number of rotatable bonds is 6. The van der Waals surface area contributed by atoms with Gasteiger partial charge < -0.3 is 20.4 Å². The second-order valence-corrected chi connectivity index (χ2v) is 8.29. The van der Waals surface area contributed by atoms with Gasteiger partial charge in [-0.1, -0.05) is 25.8 Å². The molecule has 1 aromatic heterocycles. The van der Waals surface area contributed by atoms with Crippen molar-refractivity contribution in [3.63, 3.8) is 0 Å². The van der Waals surface area contributed by atoms with E-state index in [4.69, 9.17) is 4.98 Å². The lowest BCUT2D eigenvalue weighted by molar-refractivity contribution is 0.484. The predicted molar refractivity (Wildman–Crippen MR) is 124 cm³/mol. The monoisotopic (exact) mass is 387 g/mol. The third-order valence-electron chi connectivity index (χ3n) is 5.77. The highest BCUT2D eigenvalue weighted by molar-refractivity contribution is 5.78. The number of hydrogen-bond donors (Lipinski definition) is 2. The molecule has 0 unspecified atom stereocenters. The number of nitrogens with zero attached hydrogens (tertiary/aromatic N) is 3. The Bertz CT molecular complexity index is 1010. The summed E-state index contributed by atoms with van der Waals surface area (Å²) < 4.78 is 0. The van der Waals surface area contributed by atoms with E-state index < -0.39 is 0 Å². The van der Waals surface area contributed by atoms with Crippen molar-refractivity contribution in [2.24, 2.45) is 0 Å². The maximum Gasteiger partial charge on any atom is 0.158 e. The Morgan fingerprint density at radius 3 is 2.72 bits per heavy atom. The molecule has 0 spiro atoms. The van der Waals surface area contributed by atoms with Crippen molar-refractivity contribution >= 4 is 29.0 Å². The van der Waals surface area contributed by atoms with Crippen LogP contribution in [0.2, 0.25) is 0 Å². The summed E-state index contributed by atoms with van der Waals surface area (Å²) in [4.78, 5) is 9.56. The average Bonchev–Trinajstić information content (AvgIpc) is 3.01. The lowest BCUT2D eigenvalue weighted by Gasteiger charge is -2.45. The summed E-state index contributed by atoms with van der Waals surface area (Å²) in [5.41, 5.74) is 6.08. The first-order valence-electron chi connectivity index (χ1n) is 9.98. The number of anilines is 4. The van der Waals surface area contributed by atoms with Gasteiger partial charge in [0, 0.05) is 30.2 Å². The molecular weight excluding hydrogens is 358 g/mol. The maximum absolute atomic E-state index is 4.87. The van der Waals surface area contributed by atoms with Gasteiger partial charge in [0.25, 0.3) is 0 Å². The molecule has 1 fully saturated rings. The lowest BCUT2D eigenvalue weighted by atomic mass is 9.97. The van der Waals surface area contributed by atoms with Crippen LogP contribution >= 0.6 is 0 Å². The van der Waals surface area contributed by atoms with Crippen LogP contribution in [0.25, 0.3) is 6.08 Å². The molecule has 29 heavy (non-hydrogen) atoms. The fraction of sp³-hybridized carbons (Fsp3) is 0.292. The van der Waals surface area contributed by atoms with Crippen molar-refractivity contribution in [2.75, 3.05) is 33.5 Å². The van der Waals surface area contributed by atoms with E-state index in [0.29, 0.717) is 0 Å². The summed E-state index contributed by atoms with van der Waals surface area (Å²) in [5, 5.41) is 6.84. The summed E-state index contributed by atoms with van der Waals surface area (Å²) in [6, 6.07) is 10.4. The van der Waals surface area contributed by atoms with Crippen LogP contribution in [-0.2, 0) is 0 Å². The molecule has 0 radical (unpaired) electrons. The minimum absolute atomic E-state index is 0.0483. The largest absolute Gasteiger partial charge is 0.366 e. The van der Waals surface area contributed by atoms with Gasteiger partial charge in [-0.15, -0.1) is 0 Å². The molecule has 2 bridgehead atoms. The fourth-order valence-corrected chi connectivity index (χ4v) is 4.31. The van der Waals surface area contributed by atoms with E-state index in [1.54, 1.807) is 6.08 Å². The topological polar surface area (TPSA) is 43.4 Å². The molecule has 2 N–H and O–H groups in total. The highest BCUT2D eigenvalue weighted by atomic mass is 15.4. The zero-order valence-corrected chi connectivity index (χ0v) is 17.5. The van der Waals surface area contributed by atoms with Gasteiger partial charge >= 0.3 is 0 Å². The smallest absolute Gasteiger partial charge is 0.158 e. The van der Waals surface area contributed by atoms with Gasteiger partial charge in [0.2, 0.25) is 0 Å². The highest BCUT2D eigenvalue weighted by Gasteiger charge is 2.47. The second kappa shape index (κ2) is 6.99. The number of allylic oxidation sites excluding steroid dienone is 1. The number of benzene rings is 1. The fourth-order valence-electron chi connectivity index (χ4n) is 4.31. The van der Waals surface area contributed by atoms with E-state index in [1.165, 1.54) is 5.56 Å². The third-order valence-corrected chi connectivity index (χ3v) is 5.77. The van der Waals surface area contributed by atoms with Crippen LogP contribution < -0.4 is 20.4 Å². The third kappa shape index (κ3) is 3.37. The Labute approximate surface area is 173 Å². The molecule has 150 valence electrons. The van der Waals surface area contributed by atoms with Gasteiger partial charge in [0.1, 0.15) is 5.82 Å². The van der Waals surface area contributed by atoms with Crippen LogP contribution in [0.5, 0.6) is 0 Å². The molecule has 2 aromatic rings. The van der Waals surface area contributed by atoms with E-state index in [-0.39, 0.29) is 5.54 Å². The maximum atomic E-state index is 4.87. The minimum atomic E-state index is -0.0483. The van der Waals surface area contributed by atoms with Gasteiger partial charge in [-0.25, -0.2) is 4.98 Å². The lowest BCUT2D eigenvalue weighted by Crippen LogP contribution is -2.52. The summed E-state index contributed by atoms with van der Waals surface area (Å²) in [5.74, 6) is 1.77. The molecule has 3 heterocycles. The van der Waals surface area contributed by atoms with Crippen LogP contribution in [-0.4, -0.2) is 23.6 Å². The molecular formula is C24H29N5. The molecule has 1 saturated heterocycles. The summed E-state index contributed by atoms with van der Waals surface area (Å²) >= 11 is 0. The van der Waals surface area contributed by atoms with Crippen LogP contribution in [0.1, 0.15) is 31.5 Å². The molecule has 2 aliphatic heterocycles. The Balaban J connectivity index is 1.68. The Hall–Kier alpha value is -3.21. The quantitative estimate of drug-likeness (QED) is 0.699. The molecule has 0 saturated carbocycles. The summed E-state index contributed by atoms with van der Waals surface area (Å²) in [6.45, 7) is 20.5. The number of hydrogen-bond acceptors (Lipinski definition) is 5. The molecule has 0 amide bonds. The van der Waals surface area contributed by atoms with Gasteiger partial charge in [0.05, 0.1) is 16.9 Å². The Morgan fingerprint density at radius 1 is 1.21 bits per heavy atom. The van der Waals surface area contributed by atoms with Gasteiger partial charge in [-0.3, -0.25) is 0 Å². The van der Waals surface area contributed by atoms with Crippen LogP contribution in [0.15, 0.2) is 61.6 Å². The van der Waals surface area contributed by atoms with Gasteiger partial charge in [0.15, 0.2) is 5.82 Å². The van der Waals surface area contributed by atoms with E-state index in [9.17, 15) is 0 Å². The van der Waals surface area contributed by atoms with Crippen molar-refractivity contribution < 1.29 is 0 Å². The molecule has 5 nitrogen and oxygen atoms in total. The first kappa shape index (κ1) is 19.1. The van der Waals surface area contributed by atoms with Crippen molar-refractivity contribution in [3.8, 4) is 0 Å². The van der Waals surface area contributed by atoms with Gasteiger partial charge in [-0.2, -0.15) is 0 Å². The molecule has 0 aliphatic carbocycles. The Morgan fingerprint density at radius 2 is 2.00 bits per heavy atom. The van der Waals surface area contributed by atoms with E-state index >= 15 is 0 Å². The SMILES string of the molecule is C=Cc1ccc2c(n1)N(C(=C)Nc1ccc(C)c(NC(=C)C)c1)[C@@]1(C)CCN2C1. The average molecular weight is 388 g/mol. The van der Waals surface area contributed by atoms with Gasteiger partial charge in [-0.05, 0) is 63.1 Å². The molecule has 1 aromatic carbocycles. The van der Waals surface area contributed by atoms with Crippen molar-refractivity contribution in [1.82, 2.24) is 4.98 Å². The van der Waals surface area contributed by atoms with Crippen LogP contribution in [0, 0.1) is 6.92 Å². The molecule has 2 aliphatic rings. The van der Waals surface area contributed by atoms with Crippen molar-refractivity contribution in [1.29, 1.82) is 0 Å². The van der Waals surface area contributed by atoms with Crippen LogP contribution in [0.4, 0.5) is 22.9 Å². The standard InChI is InChI=1S/C24H29N5/c1-7-19-10-11-22-23(27-19)29(24(6)12-13-28(22)15-24)18(5)26-20-9-8-17(4)21(14-20)25-16(2)3/h7-11,14,25-26H,1-2,5,12-13,15H2,3-4,6H3/t24-/m0/s1. The number of aromatic nitrogens is 1. The molecule has 4 rings (SSSR count). The number of aryl methyl sites for hydroxylation is 1. The van der Waals surface area contributed by atoms with E-state index in [2.05, 4.69) is 78.3 Å². The summed E-state index contributed by atoms with van der Waals surface area (Å²) in [6.07, 6.45) is 2.85. The van der Waals surface area contributed by atoms with E-state index in [0.717, 1.165) is 59.6 Å². The summed E-state index contributed by atoms with van der Waals surface area (Å²) in [7, 11) is 0. The predicted octanol–water partition coefficient (Wildman–Crippen LogP) is 5.35. The molecule has 5 heteroatoms. The van der Waals surface area contributed by atoms with Crippen molar-refractivity contribution in [3.05, 3.63) is 72.8 Å². The van der Waals surface area contributed by atoms with E-state index in [1.807, 2.05) is 13.0 Å². The first-order valence-corrected chi connectivity index (χ1v) is 9.98. The zero-order chi connectivity index (χ0) is 20.8. The second-order valence-electron chi connectivity index (χ2n) is 8.29.